The molecule has 1 heterocycles. The fourth-order valence-electron chi connectivity index (χ4n) is 1.76. The maximum Gasteiger partial charge on any atom is 0.0570 e. The molecular formula is C14H26N4. The van der Waals surface area contributed by atoms with E-state index in [4.69, 9.17) is 0 Å². The summed E-state index contributed by atoms with van der Waals surface area (Å²) in [6.07, 6.45) is 6.10. The van der Waals surface area contributed by atoms with Gasteiger partial charge in [-0.2, -0.15) is 0 Å². The van der Waals surface area contributed by atoms with E-state index in [2.05, 4.69) is 54.2 Å². The first-order chi connectivity index (χ1) is 8.63. The predicted molar refractivity (Wildman–Crippen MR) is 79.5 cm³/mol. The maximum absolute atomic E-state index is 4.29. The van der Waals surface area contributed by atoms with E-state index in [0.717, 1.165) is 38.2 Å². The molecular weight excluding hydrogens is 224 g/mol. The molecule has 4 heteroatoms. The number of pyridine rings is 1. The molecule has 0 atom stereocenters. The van der Waals surface area contributed by atoms with Crippen molar-refractivity contribution in [1.82, 2.24) is 9.88 Å². The van der Waals surface area contributed by atoms with Gasteiger partial charge >= 0.3 is 0 Å². The third-order valence-corrected chi connectivity index (χ3v) is 2.84. The molecule has 18 heavy (non-hydrogen) atoms. The Hall–Kier alpha value is -1.29. The third-order valence-electron chi connectivity index (χ3n) is 2.84. The van der Waals surface area contributed by atoms with Crippen molar-refractivity contribution in [3.8, 4) is 0 Å². The number of nitrogens with zero attached hydrogens (tertiary/aromatic N) is 3. The van der Waals surface area contributed by atoms with Gasteiger partial charge in [0.1, 0.15) is 0 Å². The molecule has 1 aromatic heterocycles. The molecule has 0 aliphatic rings. The Balaban J connectivity index is 2.48. The largest absolute Gasteiger partial charge is 0.384 e. The van der Waals surface area contributed by atoms with E-state index in [9.17, 15) is 0 Å². The minimum atomic E-state index is 0.996. The van der Waals surface area contributed by atoms with E-state index < -0.39 is 0 Å². The first kappa shape index (κ1) is 14.8. The number of hydrogen-bond donors (Lipinski definition) is 1. The van der Waals surface area contributed by atoms with E-state index in [1.807, 2.05) is 12.4 Å². The molecule has 0 fully saturated rings. The van der Waals surface area contributed by atoms with Crippen LogP contribution in [0.25, 0.3) is 0 Å². The lowest BCUT2D eigenvalue weighted by molar-refractivity contribution is 0.401. The van der Waals surface area contributed by atoms with Crippen molar-refractivity contribution in [2.45, 2.75) is 19.8 Å². The number of nitrogens with one attached hydrogen (secondary N) is 1. The summed E-state index contributed by atoms with van der Waals surface area (Å²) in [5.74, 6) is 0. The average Bonchev–Trinajstić information content (AvgIpc) is 2.36. The topological polar surface area (TPSA) is 31.4 Å². The van der Waals surface area contributed by atoms with Gasteiger partial charge in [-0.3, -0.25) is 4.98 Å². The van der Waals surface area contributed by atoms with Crippen LogP contribution in [0.3, 0.4) is 0 Å². The Kier molecular flexibility index (Phi) is 6.50. The molecule has 0 amide bonds. The van der Waals surface area contributed by atoms with Crippen LogP contribution in [0.1, 0.15) is 19.8 Å². The zero-order valence-electron chi connectivity index (χ0n) is 12.1. The van der Waals surface area contributed by atoms with E-state index >= 15 is 0 Å². The van der Waals surface area contributed by atoms with E-state index in [1.165, 1.54) is 5.69 Å². The van der Waals surface area contributed by atoms with Crippen molar-refractivity contribution in [3.05, 3.63) is 18.5 Å². The van der Waals surface area contributed by atoms with Gasteiger partial charge in [-0.1, -0.05) is 6.92 Å². The minimum absolute atomic E-state index is 0.996. The fraction of sp³-hybridized carbons (Fsp3) is 0.643. The van der Waals surface area contributed by atoms with Gasteiger partial charge in [0.05, 0.1) is 23.8 Å². The molecule has 1 rings (SSSR count). The average molecular weight is 250 g/mol. The molecule has 0 aliphatic carbocycles. The van der Waals surface area contributed by atoms with Crippen LogP contribution in [-0.2, 0) is 0 Å². The van der Waals surface area contributed by atoms with Crippen LogP contribution < -0.4 is 10.2 Å². The van der Waals surface area contributed by atoms with Gasteiger partial charge in [0, 0.05) is 20.1 Å². The molecule has 0 radical (unpaired) electrons. The summed E-state index contributed by atoms with van der Waals surface area (Å²) in [7, 11) is 6.34. The number of rotatable bonds is 8. The van der Waals surface area contributed by atoms with Gasteiger partial charge in [-0.05, 0) is 39.5 Å². The van der Waals surface area contributed by atoms with E-state index in [-0.39, 0.29) is 0 Å². The first-order valence-corrected chi connectivity index (χ1v) is 6.68. The fourth-order valence-corrected chi connectivity index (χ4v) is 1.76. The van der Waals surface area contributed by atoms with Crippen molar-refractivity contribution < 1.29 is 0 Å². The van der Waals surface area contributed by atoms with Crippen LogP contribution in [0.4, 0.5) is 11.4 Å². The van der Waals surface area contributed by atoms with E-state index in [0.29, 0.717) is 0 Å². The third kappa shape index (κ3) is 5.36. The molecule has 4 nitrogen and oxygen atoms in total. The zero-order valence-corrected chi connectivity index (χ0v) is 12.1. The van der Waals surface area contributed by atoms with Crippen molar-refractivity contribution in [3.63, 3.8) is 0 Å². The maximum atomic E-state index is 4.29. The standard InChI is InChI=1S/C14H26N4/c1-5-7-16-13-10-14(12-15-11-13)18(4)9-6-8-17(2)3/h10-12,16H,5-9H2,1-4H3. The molecule has 0 saturated heterocycles. The lowest BCUT2D eigenvalue weighted by atomic mass is 10.3. The van der Waals surface area contributed by atoms with Crippen LogP contribution in [0.5, 0.6) is 0 Å². The summed E-state index contributed by atoms with van der Waals surface area (Å²) in [5, 5.41) is 3.37. The Bertz CT molecular complexity index is 338. The Morgan fingerprint density at radius 1 is 1.17 bits per heavy atom. The molecule has 0 bridgehead atoms. The first-order valence-electron chi connectivity index (χ1n) is 6.68. The second kappa shape index (κ2) is 7.93. The summed E-state index contributed by atoms with van der Waals surface area (Å²) >= 11 is 0. The summed E-state index contributed by atoms with van der Waals surface area (Å²) in [6.45, 7) is 5.33. The van der Waals surface area contributed by atoms with Crippen LogP contribution >= 0.6 is 0 Å². The second-order valence-corrected chi connectivity index (χ2v) is 4.94. The number of anilines is 2. The highest BCUT2D eigenvalue weighted by Gasteiger charge is 2.02. The zero-order chi connectivity index (χ0) is 13.4. The highest BCUT2D eigenvalue weighted by atomic mass is 15.1. The molecule has 0 saturated carbocycles. The predicted octanol–water partition coefficient (Wildman–Crippen LogP) is 2.29. The van der Waals surface area contributed by atoms with E-state index in [1.54, 1.807) is 0 Å². The Labute approximate surface area is 111 Å². The Morgan fingerprint density at radius 3 is 2.61 bits per heavy atom. The number of aromatic nitrogens is 1. The summed E-state index contributed by atoms with van der Waals surface area (Å²) in [5.41, 5.74) is 2.28. The van der Waals surface area contributed by atoms with Gasteiger partial charge < -0.3 is 15.1 Å². The van der Waals surface area contributed by atoms with Crippen LogP contribution in [-0.4, -0.2) is 50.7 Å². The van der Waals surface area contributed by atoms with Crippen molar-refractivity contribution in [2.24, 2.45) is 0 Å². The van der Waals surface area contributed by atoms with Crippen molar-refractivity contribution in [2.75, 3.05) is 51.0 Å². The highest BCUT2D eigenvalue weighted by molar-refractivity contribution is 5.55. The van der Waals surface area contributed by atoms with Crippen molar-refractivity contribution in [1.29, 1.82) is 0 Å². The lowest BCUT2D eigenvalue weighted by Gasteiger charge is -2.20. The van der Waals surface area contributed by atoms with Crippen molar-refractivity contribution >= 4 is 11.4 Å². The molecule has 0 aliphatic heterocycles. The smallest absolute Gasteiger partial charge is 0.0570 e. The van der Waals surface area contributed by atoms with Crippen LogP contribution in [0.15, 0.2) is 18.5 Å². The second-order valence-electron chi connectivity index (χ2n) is 4.94. The summed E-state index contributed by atoms with van der Waals surface area (Å²) < 4.78 is 0. The molecule has 1 aromatic rings. The summed E-state index contributed by atoms with van der Waals surface area (Å²) in [6, 6.07) is 2.16. The quantitative estimate of drug-likeness (QED) is 0.767. The van der Waals surface area contributed by atoms with Gasteiger partial charge in [0.2, 0.25) is 0 Å². The Morgan fingerprint density at radius 2 is 1.94 bits per heavy atom. The van der Waals surface area contributed by atoms with Gasteiger partial charge in [-0.25, -0.2) is 0 Å². The van der Waals surface area contributed by atoms with Gasteiger partial charge in [0.25, 0.3) is 0 Å². The number of hydrogen-bond acceptors (Lipinski definition) is 4. The normalized spacial score (nSPS) is 10.7. The molecule has 0 unspecified atom stereocenters. The minimum Gasteiger partial charge on any atom is -0.384 e. The van der Waals surface area contributed by atoms with Gasteiger partial charge in [0.15, 0.2) is 0 Å². The highest BCUT2D eigenvalue weighted by Crippen LogP contribution is 2.16. The van der Waals surface area contributed by atoms with Crippen LogP contribution in [0, 0.1) is 0 Å². The molecule has 102 valence electrons. The monoisotopic (exact) mass is 250 g/mol. The van der Waals surface area contributed by atoms with Crippen LogP contribution in [0.2, 0.25) is 0 Å². The SMILES string of the molecule is CCCNc1cncc(N(C)CCCN(C)C)c1. The lowest BCUT2D eigenvalue weighted by Crippen LogP contribution is -2.23. The molecule has 0 aromatic carbocycles. The summed E-state index contributed by atoms with van der Waals surface area (Å²) in [4.78, 5) is 8.76. The molecule has 0 spiro atoms. The van der Waals surface area contributed by atoms with Gasteiger partial charge in [-0.15, -0.1) is 0 Å². The molecule has 1 N–H and O–H groups in total.